The van der Waals surface area contributed by atoms with E-state index >= 15 is 0 Å². The summed E-state index contributed by atoms with van der Waals surface area (Å²) in [5.41, 5.74) is 8.27. The number of anilines is 1. The summed E-state index contributed by atoms with van der Waals surface area (Å²) in [6, 6.07) is 0. The minimum atomic E-state index is 0.848. The molecule has 0 amide bonds. The van der Waals surface area contributed by atoms with Gasteiger partial charge in [-0.05, 0) is 12.2 Å². The van der Waals surface area contributed by atoms with Crippen LogP contribution in [0.5, 0.6) is 0 Å². The molecule has 1 aromatic rings. The number of nitrogens with two attached hydrogens (primary N) is 1. The number of hydrogen-bond acceptors (Lipinski definition) is 3. The molecule has 0 aromatic carbocycles. The van der Waals surface area contributed by atoms with Crippen LogP contribution in [0.3, 0.4) is 0 Å². The van der Waals surface area contributed by atoms with Gasteiger partial charge in [-0.15, -0.1) is 0 Å². The first-order chi connectivity index (χ1) is 5.29. The number of thioether (sulfide) groups is 1. The number of aromatic nitrogens is 2. The van der Waals surface area contributed by atoms with Gasteiger partial charge >= 0.3 is 0 Å². The Balaban J connectivity index is 2.50. The Morgan fingerprint density at radius 3 is 3.18 bits per heavy atom. The van der Waals surface area contributed by atoms with Crippen molar-refractivity contribution in [2.24, 2.45) is 7.05 Å². The number of aryl methyl sites for hydroxylation is 1. The van der Waals surface area contributed by atoms with Crippen LogP contribution in [0, 0.1) is 0 Å². The highest BCUT2D eigenvalue weighted by Crippen LogP contribution is 2.27. The molecule has 1 aromatic heterocycles. The second kappa shape index (κ2) is 2.44. The van der Waals surface area contributed by atoms with Crippen molar-refractivity contribution in [3.8, 4) is 0 Å². The Morgan fingerprint density at radius 1 is 1.64 bits per heavy atom. The summed E-state index contributed by atoms with van der Waals surface area (Å²) < 4.78 is 1.77. The van der Waals surface area contributed by atoms with E-state index in [9.17, 15) is 0 Å². The highest BCUT2D eigenvalue weighted by Gasteiger charge is 2.16. The highest BCUT2D eigenvalue weighted by atomic mass is 32.2. The average molecular weight is 169 g/mol. The van der Waals surface area contributed by atoms with Gasteiger partial charge in [-0.25, -0.2) is 0 Å². The van der Waals surface area contributed by atoms with Crippen molar-refractivity contribution in [1.82, 2.24) is 9.78 Å². The van der Waals surface area contributed by atoms with E-state index in [1.54, 1.807) is 4.68 Å². The fourth-order valence-corrected chi connectivity index (χ4v) is 2.29. The van der Waals surface area contributed by atoms with Gasteiger partial charge in [0.15, 0.2) is 0 Å². The number of hydrogen-bond donors (Lipinski definition) is 1. The van der Waals surface area contributed by atoms with Crippen molar-refractivity contribution in [3.63, 3.8) is 0 Å². The first kappa shape index (κ1) is 7.03. The normalized spacial score (nSPS) is 16.5. The minimum Gasteiger partial charge on any atom is -0.384 e. The number of nitrogens with zero attached hydrogens (tertiary/aromatic N) is 2. The molecule has 0 spiro atoms. The van der Waals surface area contributed by atoms with Crippen LogP contribution < -0.4 is 5.73 Å². The lowest BCUT2D eigenvalue weighted by molar-refractivity contribution is 0.765. The van der Waals surface area contributed by atoms with E-state index in [0.29, 0.717) is 0 Å². The average Bonchev–Trinajstić information content (AvgIpc) is 2.30. The Hall–Kier alpha value is -0.640. The molecule has 0 unspecified atom stereocenters. The fourth-order valence-electron chi connectivity index (χ4n) is 1.37. The summed E-state index contributed by atoms with van der Waals surface area (Å²) in [5, 5.41) is 4.32. The predicted octanol–water partition coefficient (Wildman–Crippen LogP) is 0.792. The molecule has 0 saturated carbocycles. The van der Waals surface area contributed by atoms with E-state index in [1.165, 1.54) is 17.0 Å². The van der Waals surface area contributed by atoms with Crippen molar-refractivity contribution >= 4 is 17.6 Å². The maximum Gasteiger partial charge on any atom is 0.124 e. The monoisotopic (exact) mass is 169 g/mol. The topological polar surface area (TPSA) is 43.8 Å². The number of nitrogen functional groups attached to an aromatic ring is 1. The molecule has 1 aliphatic rings. The van der Waals surface area contributed by atoms with Crippen LogP contribution in [-0.4, -0.2) is 15.5 Å². The molecule has 3 nitrogen and oxygen atoms in total. The Bertz CT molecular complexity index is 279. The largest absolute Gasteiger partial charge is 0.384 e. The lowest BCUT2D eigenvalue weighted by Gasteiger charge is -2.08. The third-order valence-electron chi connectivity index (χ3n) is 2.01. The zero-order valence-electron chi connectivity index (χ0n) is 6.50. The molecule has 0 fully saturated rings. The van der Waals surface area contributed by atoms with E-state index in [2.05, 4.69) is 5.10 Å². The van der Waals surface area contributed by atoms with E-state index in [-0.39, 0.29) is 0 Å². The summed E-state index contributed by atoms with van der Waals surface area (Å²) >= 11 is 1.93. The maximum atomic E-state index is 5.81. The van der Waals surface area contributed by atoms with E-state index in [1.807, 2.05) is 18.8 Å². The highest BCUT2D eigenvalue weighted by molar-refractivity contribution is 7.98. The lowest BCUT2D eigenvalue weighted by atomic mass is 10.2. The van der Waals surface area contributed by atoms with Crippen molar-refractivity contribution in [2.75, 3.05) is 11.5 Å². The van der Waals surface area contributed by atoms with Crippen molar-refractivity contribution in [1.29, 1.82) is 0 Å². The van der Waals surface area contributed by atoms with Crippen molar-refractivity contribution < 1.29 is 0 Å². The number of fused-ring (bicyclic) bond motifs is 1. The third-order valence-corrected chi connectivity index (χ3v) is 2.98. The van der Waals surface area contributed by atoms with Crippen molar-refractivity contribution in [2.45, 2.75) is 12.2 Å². The van der Waals surface area contributed by atoms with Gasteiger partial charge < -0.3 is 5.73 Å². The zero-order valence-corrected chi connectivity index (χ0v) is 7.32. The smallest absolute Gasteiger partial charge is 0.124 e. The van der Waals surface area contributed by atoms with Gasteiger partial charge in [0.1, 0.15) is 5.82 Å². The Labute approximate surface area is 70.0 Å². The summed E-state index contributed by atoms with van der Waals surface area (Å²) in [5.74, 6) is 3.06. The Kier molecular flexibility index (Phi) is 1.56. The molecule has 0 atom stereocenters. The fraction of sp³-hybridized carbons (Fsp3) is 0.571. The van der Waals surface area contributed by atoms with Gasteiger partial charge in [0, 0.05) is 18.4 Å². The first-order valence-corrected chi connectivity index (χ1v) is 4.82. The molecule has 0 saturated heterocycles. The van der Waals surface area contributed by atoms with E-state index in [0.717, 1.165) is 18.0 Å². The van der Waals surface area contributed by atoms with Gasteiger partial charge in [0.05, 0.1) is 5.69 Å². The molecule has 2 N–H and O–H groups in total. The standard InChI is InChI=1S/C7H11N3S/c1-10-7(8)5-2-3-11-4-6(5)9-10/h2-4,8H2,1H3. The van der Waals surface area contributed by atoms with Crippen LogP contribution in [0.25, 0.3) is 0 Å². The first-order valence-electron chi connectivity index (χ1n) is 3.67. The third kappa shape index (κ3) is 1.01. The summed E-state index contributed by atoms with van der Waals surface area (Å²) in [7, 11) is 1.90. The Morgan fingerprint density at radius 2 is 2.45 bits per heavy atom. The molecule has 1 aliphatic heterocycles. The van der Waals surface area contributed by atoms with Gasteiger partial charge in [-0.1, -0.05) is 0 Å². The molecular formula is C7H11N3S. The van der Waals surface area contributed by atoms with Crippen LogP contribution >= 0.6 is 11.8 Å². The van der Waals surface area contributed by atoms with Gasteiger partial charge in [0.2, 0.25) is 0 Å². The molecule has 60 valence electrons. The second-order valence-corrected chi connectivity index (χ2v) is 3.84. The summed E-state index contributed by atoms with van der Waals surface area (Å²) in [6.07, 6.45) is 1.08. The van der Waals surface area contributed by atoms with E-state index in [4.69, 9.17) is 5.73 Å². The second-order valence-electron chi connectivity index (χ2n) is 2.74. The minimum absolute atomic E-state index is 0.848. The number of rotatable bonds is 0. The van der Waals surface area contributed by atoms with Crippen LogP contribution in [0.1, 0.15) is 11.3 Å². The molecule has 2 heterocycles. The maximum absolute atomic E-state index is 5.81. The molecule has 2 rings (SSSR count). The molecule has 0 radical (unpaired) electrons. The zero-order chi connectivity index (χ0) is 7.84. The quantitative estimate of drug-likeness (QED) is 0.624. The summed E-state index contributed by atoms with van der Waals surface area (Å²) in [6.45, 7) is 0. The van der Waals surface area contributed by atoms with Crippen LogP contribution in [0.2, 0.25) is 0 Å². The summed E-state index contributed by atoms with van der Waals surface area (Å²) in [4.78, 5) is 0. The van der Waals surface area contributed by atoms with Crippen molar-refractivity contribution in [3.05, 3.63) is 11.3 Å². The van der Waals surface area contributed by atoms with Crippen LogP contribution in [0.15, 0.2) is 0 Å². The lowest BCUT2D eigenvalue weighted by Crippen LogP contribution is -2.02. The van der Waals surface area contributed by atoms with Gasteiger partial charge in [-0.2, -0.15) is 16.9 Å². The molecule has 11 heavy (non-hydrogen) atoms. The van der Waals surface area contributed by atoms with Crippen LogP contribution in [-0.2, 0) is 19.2 Å². The molecule has 4 heteroatoms. The van der Waals surface area contributed by atoms with Gasteiger partial charge in [-0.3, -0.25) is 4.68 Å². The van der Waals surface area contributed by atoms with E-state index < -0.39 is 0 Å². The molecular weight excluding hydrogens is 158 g/mol. The SMILES string of the molecule is Cn1nc2c(c1N)CCSC2. The molecule has 0 bridgehead atoms. The predicted molar refractivity (Wildman–Crippen MR) is 47.5 cm³/mol. The van der Waals surface area contributed by atoms with Gasteiger partial charge in [0.25, 0.3) is 0 Å². The molecule has 0 aliphatic carbocycles. The van der Waals surface area contributed by atoms with Crippen LogP contribution in [0.4, 0.5) is 5.82 Å².